The van der Waals surface area contributed by atoms with E-state index < -0.39 is 11.1 Å². The van der Waals surface area contributed by atoms with E-state index >= 15 is 0 Å². The Hall–Kier alpha value is 1.06. The smallest absolute Gasteiger partial charge is 0.286 e. The Morgan fingerprint density at radius 3 is 0.517 bits per heavy atom. The van der Waals surface area contributed by atoms with Crippen LogP contribution in [0, 0.1) is 0 Å². The summed E-state index contributed by atoms with van der Waals surface area (Å²) in [7, 11) is -2.67. The van der Waals surface area contributed by atoms with Crippen LogP contribution >= 0.6 is 0 Å². The second kappa shape index (κ2) is 9.51. The largest absolute Gasteiger partial charge is 0.425 e. The molecule has 0 unspecified atom stereocenters. The van der Waals surface area contributed by atoms with Crippen LogP contribution in [0.5, 0.6) is 0 Å². The van der Waals surface area contributed by atoms with Gasteiger partial charge < -0.3 is 32.9 Å². The molecule has 4 saturated heterocycles. The Labute approximate surface area is 188 Å². The Morgan fingerprint density at radius 1 is 0.414 bits per heavy atom. The van der Waals surface area contributed by atoms with Crippen molar-refractivity contribution in [1.29, 1.82) is 0 Å². The maximum absolute atomic E-state index is 4.78. The molecule has 0 radical (unpaired) electrons. The first-order valence-electron chi connectivity index (χ1n) is 8.25. The van der Waals surface area contributed by atoms with Gasteiger partial charge in [0, 0.05) is 0 Å². The van der Waals surface area contributed by atoms with E-state index in [1.54, 1.807) is 0 Å². The van der Waals surface area contributed by atoms with E-state index in [0.29, 0.717) is 0 Å². The van der Waals surface area contributed by atoms with Crippen molar-refractivity contribution in [3.05, 3.63) is 44.2 Å². The van der Waals surface area contributed by atoms with E-state index in [1.807, 2.05) is 17.9 Å². The first-order chi connectivity index (χ1) is 13.2. The molecular formula is C12H40O8PtSi8. The summed E-state index contributed by atoms with van der Waals surface area (Å²) in [6.45, 7) is 16.0. The SMILES string of the molecule is C=[CH][Pt]([CH3])([CH3])([CH3])([CH3])([CH]=C)([CH]=C)[CH]=C.O1[SiH2]O[SiH2]1.O1[SiH2]O[SiH2]1.O1[SiH2]O[SiH2]1.O1[SiH2]O[SiH2]1. The van der Waals surface area contributed by atoms with Gasteiger partial charge in [-0.1, -0.05) is 0 Å². The van der Waals surface area contributed by atoms with Crippen molar-refractivity contribution < 1.29 is 44.0 Å². The van der Waals surface area contributed by atoms with Crippen LogP contribution in [-0.4, -0.2) is 80.1 Å². The minimum atomic E-state index is -4.42. The predicted octanol–water partition coefficient (Wildman–Crippen LogP) is -2.83. The zero-order chi connectivity index (χ0) is 22.5. The van der Waals surface area contributed by atoms with Crippen molar-refractivity contribution in [3.8, 4) is 0 Å². The molecule has 0 bridgehead atoms. The summed E-state index contributed by atoms with van der Waals surface area (Å²) in [5, 5.41) is 8.74. The Kier molecular flexibility index (Phi) is 9.86. The molecule has 8 nitrogen and oxygen atoms in total. The van der Waals surface area contributed by atoms with E-state index in [-0.39, 0.29) is 80.1 Å². The van der Waals surface area contributed by atoms with Crippen molar-refractivity contribution in [2.45, 2.75) is 21.3 Å². The monoisotopic (exact) mass is 731 g/mol. The summed E-state index contributed by atoms with van der Waals surface area (Å²) in [5.41, 5.74) is 0. The van der Waals surface area contributed by atoms with Gasteiger partial charge in [0.2, 0.25) is 0 Å². The van der Waals surface area contributed by atoms with Crippen LogP contribution in [0.25, 0.3) is 0 Å². The van der Waals surface area contributed by atoms with Crippen molar-refractivity contribution in [3.63, 3.8) is 0 Å². The Morgan fingerprint density at radius 2 is 0.517 bits per heavy atom. The molecule has 178 valence electrons. The van der Waals surface area contributed by atoms with Gasteiger partial charge in [-0.15, -0.1) is 0 Å². The van der Waals surface area contributed by atoms with Gasteiger partial charge in [0.25, 0.3) is 80.1 Å². The quantitative estimate of drug-likeness (QED) is 0.287. The molecule has 0 N–H and O–H groups in total. The van der Waals surface area contributed by atoms with Gasteiger partial charge in [0.15, 0.2) is 0 Å². The van der Waals surface area contributed by atoms with Crippen LogP contribution in [0.1, 0.15) is 0 Å². The van der Waals surface area contributed by atoms with Crippen molar-refractivity contribution >= 4 is 80.1 Å². The predicted molar refractivity (Wildman–Crippen MR) is 141 cm³/mol. The minimum Gasteiger partial charge on any atom is -0.425 e. The van der Waals surface area contributed by atoms with E-state index in [9.17, 15) is 0 Å². The molecule has 0 aliphatic carbocycles. The molecule has 0 aromatic rings. The van der Waals surface area contributed by atoms with Gasteiger partial charge in [-0.2, -0.15) is 0 Å². The first kappa shape index (κ1) is 30.1. The average Bonchev–Trinajstić information content (AvgIpc) is 2.42. The van der Waals surface area contributed by atoms with E-state index in [1.165, 1.54) is 0 Å². The first-order valence-corrected chi connectivity index (χ1v) is 31.8. The zero-order valence-electron chi connectivity index (χ0n) is 18.4. The van der Waals surface area contributed by atoms with Crippen molar-refractivity contribution in [1.82, 2.24) is 0 Å². The fourth-order valence-electron chi connectivity index (χ4n) is 0.650. The Balaban J connectivity index is 0.000000389. The van der Waals surface area contributed by atoms with E-state index in [2.05, 4.69) is 47.6 Å². The van der Waals surface area contributed by atoms with Gasteiger partial charge in [0.05, 0.1) is 0 Å². The molecule has 4 fully saturated rings. The summed E-state index contributed by atoms with van der Waals surface area (Å²) < 4.78 is 46.2. The summed E-state index contributed by atoms with van der Waals surface area (Å²) >= 11 is -4.42. The van der Waals surface area contributed by atoms with Gasteiger partial charge in [-0.05, 0) is 0 Å². The van der Waals surface area contributed by atoms with Crippen LogP contribution < -0.4 is 0 Å². The van der Waals surface area contributed by atoms with E-state index in [4.69, 9.17) is 32.9 Å². The molecule has 0 atom stereocenters. The molecule has 29 heavy (non-hydrogen) atoms. The molecule has 0 aromatic heterocycles. The normalized spacial score (nSPS) is 30.5. The summed E-state index contributed by atoms with van der Waals surface area (Å²) in [5.74, 6) is 0. The average molecular weight is 732 g/mol. The number of rotatable bonds is 4. The molecule has 4 rings (SSSR count). The third-order valence-corrected chi connectivity index (χ3v) is 36.2. The summed E-state index contributed by atoms with van der Waals surface area (Å²) in [6, 6.07) is 0. The topological polar surface area (TPSA) is 73.8 Å². The molecule has 4 aliphatic heterocycles. The van der Waals surface area contributed by atoms with Crippen LogP contribution in [0.15, 0.2) is 44.2 Å². The van der Waals surface area contributed by atoms with Crippen LogP contribution in [-0.2, 0) is 44.0 Å². The third kappa shape index (κ3) is 10.5. The second-order valence-electron chi connectivity index (χ2n) is 8.54. The summed E-state index contributed by atoms with van der Waals surface area (Å²) in [6.07, 6.45) is 0. The maximum Gasteiger partial charge on any atom is 0.286 e. The summed E-state index contributed by atoms with van der Waals surface area (Å²) in [4.78, 5) is 0. The van der Waals surface area contributed by atoms with Crippen LogP contribution in [0.2, 0.25) is 21.3 Å². The maximum atomic E-state index is 4.78. The van der Waals surface area contributed by atoms with Gasteiger partial charge in [0.1, 0.15) is 0 Å². The molecule has 0 amide bonds. The van der Waals surface area contributed by atoms with Crippen molar-refractivity contribution in [2.75, 3.05) is 0 Å². The van der Waals surface area contributed by atoms with Gasteiger partial charge in [-0.25, -0.2) is 0 Å². The third-order valence-electron chi connectivity index (χ3n) is 4.29. The molecule has 0 aromatic carbocycles. The molecular weight excluding hydrogens is 692 g/mol. The molecule has 0 spiro atoms. The van der Waals surface area contributed by atoms with Crippen LogP contribution in [0.3, 0.4) is 0 Å². The fraction of sp³-hybridized carbons (Fsp3) is 0.333. The van der Waals surface area contributed by atoms with Crippen molar-refractivity contribution in [2.24, 2.45) is 0 Å². The van der Waals surface area contributed by atoms with Crippen LogP contribution in [0.4, 0.5) is 0 Å². The van der Waals surface area contributed by atoms with Gasteiger partial charge in [-0.3, -0.25) is 0 Å². The number of hydrogen-bond donors (Lipinski definition) is 0. The fourth-order valence-corrected chi connectivity index (χ4v) is 5.59. The molecule has 0 saturated carbocycles. The zero-order valence-corrected chi connectivity index (χ0v) is 32.0. The Bertz CT molecular complexity index is 509. The molecule has 17 heteroatoms. The second-order valence-corrected chi connectivity index (χ2v) is 66.4. The minimum absolute atomic E-state index is 0.333. The van der Waals surface area contributed by atoms with E-state index in [0.717, 1.165) is 0 Å². The molecule has 4 aliphatic rings. The van der Waals surface area contributed by atoms with Gasteiger partial charge >= 0.3 is 76.5 Å². The standard InChI is InChI=1S/4C2H3.4CH3.4H4O2Si2.Pt/c4*1-2;;;;;4*1-3-2-4-1;/h4*1H,2H2;4*1H3;4*3-4H2;. The molecule has 4 heterocycles. The number of hydrogen-bond acceptors (Lipinski definition) is 8.